The van der Waals surface area contributed by atoms with Gasteiger partial charge in [0.15, 0.2) is 5.84 Å². The first-order valence-corrected chi connectivity index (χ1v) is 8.22. The van der Waals surface area contributed by atoms with Gasteiger partial charge in [-0.25, -0.2) is 8.42 Å². The number of nitrogens with two attached hydrogens (primary N) is 1. The molecule has 0 saturated heterocycles. The molecule has 1 aliphatic carbocycles. The normalized spacial score (nSPS) is 19.3. The Morgan fingerprint density at radius 2 is 1.89 bits per heavy atom. The van der Waals surface area contributed by atoms with Crippen LogP contribution in [0, 0.1) is 5.41 Å². The van der Waals surface area contributed by atoms with Crippen molar-refractivity contribution in [3.8, 4) is 0 Å². The molecule has 1 fully saturated rings. The molecule has 0 heterocycles. The summed E-state index contributed by atoms with van der Waals surface area (Å²) in [6.45, 7) is 5.64. The van der Waals surface area contributed by atoms with Crippen molar-refractivity contribution in [1.82, 2.24) is 4.31 Å². The minimum absolute atomic E-state index is 0.0207. The van der Waals surface area contributed by atoms with Crippen molar-refractivity contribution in [3.05, 3.63) is 0 Å². The highest BCUT2D eigenvalue weighted by atomic mass is 32.2. The molecule has 6 nitrogen and oxygen atoms in total. The number of hydrogen-bond acceptors (Lipinski definition) is 4. The van der Waals surface area contributed by atoms with E-state index in [1.54, 1.807) is 0 Å². The van der Waals surface area contributed by atoms with Crippen LogP contribution in [-0.2, 0) is 10.0 Å². The molecule has 0 atom stereocenters. The quantitative estimate of drug-likeness (QED) is 0.346. The van der Waals surface area contributed by atoms with Crippen LogP contribution in [0.1, 0.15) is 46.5 Å². The Morgan fingerprint density at radius 3 is 2.32 bits per heavy atom. The van der Waals surface area contributed by atoms with Gasteiger partial charge in [0.1, 0.15) is 0 Å². The highest BCUT2D eigenvalue weighted by Crippen LogP contribution is 2.28. The van der Waals surface area contributed by atoms with E-state index in [0.29, 0.717) is 0 Å². The summed E-state index contributed by atoms with van der Waals surface area (Å²) in [6, 6.07) is -0.0207. The number of rotatable bonds is 5. The predicted octanol–water partition coefficient (Wildman–Crippen LogP) is 1.35. The predicted molar refractivity (Wildman–Crippen MR) is 75.6 cm³/mol. The molecule has 0 amide bonds. The second kappa shape index (κ2) is 6.09. The Balaban J connectivity index is 2.94. The van der Waals surface area contributed by atoms with Crippen LogP contribution in [0.4, 0.5) is 0 Å². The van der Waals surface area contributed by atoms with Gasteiger partial charge in [0.05, 0.1) is 12.3 Å². The van der Waals surface area contributed by atoms with Crippen molar-refractivity contribution in [2.75, 3.05) is 12.3 Å². The number of amidine groups is 1. The summed E-state index contributed by atoms with van der Waals surface area (Å²) < 4.78 is 26.5. The minimum Gasteiger partial charge on any atom is -0.409 e. The SMILES string of the molecule is CC(C)(C)CS(=O)(=O)N(CC(N)=NO)C1CCCC1. The largest absolute Gasteiger partial charge is 0.409 e. The molecule has 0 radical (unpaired) electrons. The van der Waals surface area contributed by atoms with Gasteiger partial charge in [0.25, 0.3) is 0 Å². The third-order valence-electron chi connectivity index (χ3n) is 3.15. The van der Waals surface area contributed by atoms with Crippen molar-refractivity contribution < 1.29 is 13.6 Å². The monoisotopic (exact) mass is 291 g/mol. The van der Waals surface area contributed by atoms with E-state index in [0.717, 1.165) is 25.7 Å². The summed E-state index contributed by atoms with van der Waals surface area (Å²) in [5.74, 6) is -0.000694. The Morgan fingerprint density at radius 1 is 1.37 bits per heavy atom. The van der Waals surface area contributed by atoms with Crippen molar-refractivity contribution >= 4 is 15.9 Å². The molecule has 0 unspecified atom stereocenters. The van der Waals surface area contributed by atoms with E-state index in [-0.39, 0.29) is 29.6 Å². The van der Waals surface area contributed by atoms with Crippen LogP contribution in [0.15, 0.2) is 5.16 Å². The smallest absolute Gasteiger partial charge is 0.215 e. The van der Waals surface area contributed by atoms with Gasteiger partial charge in [-0.3, -0.25) is 0 Å². The third-order valence-corrected chi connectivity index (χ3v) is 5.52. The molecule has 7 heteroatoms. The van der Waals surface area contributed by atoms with Crippen molar-refractivity contribution in [2.45, 2.75) is 52.5 Å². The Kier molecular flexibility index (Phi) is 5.20. The molecule has 3 N–H and O–H groups in total. The van der Waals surface area contributed by atoms with Crippen LogP contribution < -0.4 is 5.73 Å². The molecular weight excluding hydrogens is 266 g/mol. The van der Waals surface area contributed by atoms with Crippen LogP contribution in [0.25, 0.3) is 0 Å². The average molecular weight is 291 g/mol. The molecule has 112 valence electrons. The highest BCUT2D eigenvalue weighted by Gasteiger charge is 2.35. The first kappa shape index (κ1) is 16.2. The van der Waals surface area contributed by atoms with Gasteiger partial charge in [-0.1, -0.05) is 38.8 Å². The number of hydrogen-bond donors (Lipinski definition) is 2. The van der Waals surface area contributed by atoms with Crippen molar-refractivity contribution in [2.24, 2.45) is 16.3 Å². The molecule has 0 aliphatic heterocycles. The second-order valence-corrected chi connectivity index (χ2v) is 8.31. The molecule has 0 aromatic rings. The van der Waals surface area contributed by atoms with E-state index in [4.69, 9.17) is 10.9 Å². The molecule has 1 rings (SSSR count). The Labute approximate surface area is 115 Å². The van der Waals surface area contributed by atoms with E-state index in [1.807, 2.05) is 20.8 Å². The summed E-state index contributed by atoms with van der Waals surface area (Å²) in [5, 5.41) is 11.6. The lowest BCUT2D eigenvalue weighted by atomic mass is 10.0. The molecule has 1 saturated carbocycles. The highest BCUT2D eigenvalue weighted by molar-refractivity contribution is 7.89. The molecule has 0 bridgehead atoms. The van der Waals surface area contributed by atoms with Crippen LogP contribution in [0.3, 0.4) is 0 Å². The zero-order valence-corrected chi connectivity index (χ0v) is 12.8. The van der Waals surface area contributed by atoms with E-state index < -0.39 is 10.0 Å². The summed E-state index contributed by atoms with van der Waals surface area (Å²) in [6.07, 6.45) is 3.76. The maximum absolute atomic E-state index is 12.5. The molecule has 0 aromatic carbocycles. The number of nitrogens with zero attached hydrogens (tertiary/aromatic N) is 2. The van der Waals surface area contributed by atoms with E-state index in [1.165, 1.54) is 4.31 Å². The lowest BCUT2D eigenvalue weighted by Crippen LogP contribution is -2.46. The molecular formula is C12H25N3O3S. The van der Waals surface area contributed by atoms with Crippen molar-refractivity contribution in [1.29, 1.82) is 0 Å². The second-order valence-electron chi connectivity index (χ2n) is 6.39. The summed E-state index contributed by atoms with van der Waals surface area (Å²) >= 11 is 0. The average Bonchev–Trinajstić information content (AvgIpc) is 2.74. The van der Waals surface area contributed by atoms with Gasteiger partial charge >= 0.3 is 0 Å². The standard InChI is InChI=1S/C12H25N3O3S/c1-12(2,3)9-19(17,18)15(8-11(13)14-16)10-6-4-5-7-10/h10,16H,4-9H2,1-3H3,(H2,13,14). The lowest BCUT2D eigenvalue weighted by Gasteiger charge is -2.30. The number of oxime groups is 1. The first-order chi connectivity index (χ1) is 8.65. The number of sulfonamides is 1. The first-order valence-electron chi connectivity index (χ1n) is 6.61. The van der Waals surface area contributed by atoms with Crippen LogP contribution >= 0.6 is 0 Å². The van der Waals surface area contributed by atoms with Gasteiger partial charge in [-0.15, -0.1) is 0 Å². The Bertz CT molecular complexity index is 420. The Hall–Kier alpha value is -0.820. The zero-order chi connectivity index (χ0) is 14.7. The van der Waals surface area contributed by atoms with E-state index in [2.05, 4.69) is 5.16 Å². The maximum atomic E-state index is 12.5. The molecule has 1 aliphatic rings. The topological polar surface area (TPSA) is 96.0 Å². The third kappa shape index (κ3) is 4.99. The minimum atomic E-state index is -3.41. The fraction of sp³-hybridized carbons (Fsp3) is 0.917. The van der Waals surface area contributed by atoms with Gasteiger partial charge in [-0.2, -0.15) is 4.31 Å². The van der Waals surface area contributed by atoms with Crippen molar-refractivity contribution in [3.63, 3.8) is 0 Å². The maximum Gasteiger partial charge on any atom is 0.215 e. The molecule has 19 heavy (non-hydrogen) atoms. The zero-order valence-electron chi connectivity index (χ0n) is 12.0. The fourth-order valence-electron chi connectivity index (χ4n) is 2.47. The van der Waals surface area contributed by atoms with Crippen LogP contribution in [0.5, 0.6) is 0 Å². The fourth-order valence-corrected chi connectivity index (χ4v) is 4.72. The molecule has 0 aromatic heterocycles. The summed E-state index contributed by atoms with van der Waals surface area (Å²) in [7, 11) is -3.41. The van der Waals surface area contributed by atoms with E-state index in [9.17, 15) is 8.42 Å². The summed E-state index contributed by atoms with van der Waals surface area (Å²) in [5.41, 5.74) is 5.18. The lowest BCUT2D eigenvalue weighted by molar-refractivity contribution is 0.307. The van der Waals surface area contributed by atoms with Crippen LogP contribution in [0.2, 0.25) is 0 Å². The van der Waals surface area contributed by atoms with Gasteiger partial charge in [0, 0.05) is 6.04 Å². The van der Waals surface area contributed by atoms with Gasteiger partial charge in [-0.05, 0) is 18.3 Å². The molecule has 0 spiro atoms. The van der Waals surface area contributed by atoms with Gasteiger partial charge < -0.3 is 10.9 Å². The summed E-state index contributed by atoms with van der Waals surface area (Å²) in [4.78, 5) is 0. The van der Waals surface area contributed by atoms with Crippen LogP contribution in [-0.4, -0.2) is 42.1 Å². The van der Waals surface area contributed by atoms with E-state index >= 15 is 0 Å². The van der Waals surface area contributed by atoms with Gasteiger partial charge in [0.2, 0.25) is 10.0 Å².